The third kappa shape index (κ3) is 4.70. The summed E-state index contributed by atoms with van der Waals surface area (Å²) >= 11 is 0. The molecular weight excluding hydrogens is 248 g/mol. The van der Waals surface area contributed by atoms with E-state index in [1.54, 1.807) is 11.9 Å². The van der Waals surface area contributed by atoms with Crippen molar-refractivity contribution in [3.8, 4) is 0 Å². The van der Waals surface area contributed by atoms with Crippen LogP contribution in [0.25, 0.3) is 0 Å². The van der Waals surface area contributed by atoms with E-state index in [9.17, 15) is 9.59 Å². The monoisotopic (exact) mass is 272 g/mol. The third-order valence-electron chi connectivity index (χ3n) is 3.16. The summed E-state index contributed by atoms with van der Waals surface area (Å²) < 4.78 is 5.49. The number of hydrogen-bond acceptors (Lipinski definition) is 3. The molecule has 0 aromatic heterocycles. The molecule has 0 spiro atoms. The average molecular weight is 272 g/mol. The van der Waals surface area contributed by atoms with Gasteiger partial charge in [-0.05, 0) is 33.6 Å². The lowest BCUT2D eigenvalue weighted by molar-refractivity contribution is -0.138. The quantitative estimate of drug-likeness (QED) is 0.840. The van der Waals surface area contributed by atoms with Gasteiger partial charge in [0.1, 0.15) is 6.54 Å². The van der Waals surface area contributed by atoms with Crippen LogP contribution in [-0.2, 0) is 9.53 Å². The minimum Gasteiger partial charge on any atom is -0.480 e. The van der Waals surface area contributed by atoms with Crippen molar-refractivity contribution in [3.05, 3.63) is 0 Å². The zero-order valence-corrected chi connectivity index (χ0v) is 12.2. The number of nitrogens with zero attached hydrogens (tertiary/aromatic N) is 2. The summed E-state index contributed by atoms with van der Waals surface area (Å²) in [5.41, 5.74) is -0.528. The van der Waals surface area contributed by atoms with E-state index in [1.165, 1.54) is 4.90 Å². The number of carbonyl (C=O) groups is 2. The molecule has 0 aliphatic carbocycles. The molecular formula is C13H24N2O4. The van der Waals surface area contributed by atoms with E-state index in [1.807, 2.05) is 20.8 Å². The van der Waals surface area contributed by atoms with Gasteiger partial charge in [-0.15, -0.1) is 0 Å². The molecule has 1 aliphatic heterocycles. The smallest absolute Gasteiger partial charge is 0.323 e. The van der Waals surface area contributed by atoms with Gasteiger partial charge in [-0.1, -0.05) is 0 Å². The normalized spacial score (nSPS) is 19.3. The Labute approximate surface area is 114 Å². The van der Waals surface area contributed by atoms with E-state index in [4.69, 9.17) is 9.84 Å². The zero-order chi connectivity index (χ0) is 14.6. The second kappa shape index (κ2) is 6.23. The minimum absolute atomic E-state index is 0.0700. The largest absolute Gasteiger partial charge is 0.480 e. The van der Waals surface area contributed by atoms with E-state index in [-0.39, 0.29) is 18.7 Å². The van der Waals surface area contributed by atoms with Gasteiger partial charge in [0.05, 0.1) is 6.10 Å². The summed E-state index contributed by atoms with van der Waals surface area (Å²) in [4.78, 5) is 26.1. The Morgan fingerprint density at radius 1 is 1.37 bits per heavy atom. The van der Waals surface area contributed by atoms with Gasteiger partial charge < -0.3 is 19.6 Å². The molecule has 0 aromatic carbocycles. The second-order valence-electron chi connectivity index (χ2n) is 5.95. The maximum Gasteiger partial charge on any atom is 0.323 e. The van der Waals surface area contributed by atoms with Crippen molar-refractivity contribution in [2.45, 2.75) is 45.3 Å². The predicted molar refractivity (Wildman–Crippen MR) is 71.1 cm³/mol. The van der Waals surface area contributed by atoms with Gasteiger partial charge in [0.25, 0.3) is 0 Å². The van der Waals surface area contributed by atoms with Gasteiger partial charge >= 0.3 is 12.0 Å². The number of carboxylic acid groups (broad SMARTS) is 1. The van der Waals surface area contributed by atoms with Gasteiger partial charge in [0, 0.05) is 25.7 Å². The molecule has 1 N–H and O–H groups in total. The molecule has 1 fully saturated rings. The van der Waals surface area contributed by atoms with Gasteiger partial charge in [-0.25, -0.2) is 4.79 Å². The van der Waals surface area contributed by atoms with Gasteiger partial charge in [-0.3, -0.25) is 4.79 Å². The van der Waals surface area contributed by atoms with Crippen LogP contribution in [0, 0.1) is 0 Å². The molecule has 0 bridgehead atoms. The topological polar surface area (TPSA) is 70.1 Å². The Balaban J connectivity index is 2.66. The Morgan fingerprint density at radius 3 is 2.42 bits per heavy atom. The van der Waals surface area contributed by atoms with Crippen LogP contribution < -0.4 is 0 Å². The fourth-order valence-corrected chi connectivity index (χ4v) is 2.10. The Bertz CT molecular complexity index is 332. The van der Waals surface area contributed by atoms with Crippen LogP contribution in [-0.4, -0.2) is 65.3 Å². The van der Waals surface area contributed by atoms with Crippen LogP contribution in [0.2, 0.25) is 0 Å². The molecule has 6 heteroatoms. The van der Waals surface area contributed by atoms with Crippen molar-refractivity contribution < 1.29 is 19.4 Å². The third-order valence-corrected chi connectivity index (χ3v) is 3.16. The Hall–Kier alpha value is -1.30. The lowest BCUT2D eigenvalue weighted by Gasteiger charge is -2.37. The molecule has 1 atom stereocenters. The highest BCUT2D eigenvalue weighted by molar-refractivity contribution is 5.80. The number of urea groups is 1. The number of hydrogen-bond donors (Lipinski definition) is 1. The summed E-state index contributed by atoms with van der Waals surface area (Å²) in [6.45, 7) is 6.43. The van der Waals surface area contributed by atoms with Crippen molar-refractivity contribution in [1.82, 2.24) is 9.80 Å². The number of aliphatic carboxylic acids is 1. The van der Waals surface area contributed by atoms with E-state index < -0.39 is 11.5 Å². The van der Waals surface area contributed by atoms with Crippen molar-refractivity contribution in [1.29, 1.82) is 0 Å². The first kappa shape index (κ1) is 15.8. The van der Waals surface area contributed by atoms with Crippen LogP contribution in [0.15, 0.2) is 0 Å². The molecule has 19 heavy (non-hydrogen) atoms. The van der Waals surface area contributed by atoms with Gasteiger partial charge in [0.2, 0.25) is 0 Å². The maximum atomic E-state index is 12.3. The van der Waals surface area contributed by atoms with Gasteiger partial charge in [-0.2, -0.15) is 0 Å². The number of likely N-dealkylation sites (N-methyl/N-ethyl adjacent to an activating group) is 1. The average Bonchev–Trinajstić information content (AvgIpc) is 2.75. The highest BCUT2D eigenvalue weighted by atomic mass is 16.5. The van der Waals surface area contributed by atoms with Crippen LogP contribution in [0.4, 0.5) is 4.79 Å². The number of carboxylic acids is 1. The molecule has 1 unspecified atom stereocenters. The maximum absolute atomic E-state index is 12.3. The molecule has 1 saturated heterocycles. The fraction of sp³-hybridized carbons (Fsp3) is 0.846. The number of carbonyl (C=O) groups excluding carboxylic acids is 1. The highest BCUT2D eigenvalue weighted by Gasteiger charge is 2.31. The molecule has 110 valence electrons. The zero-order valence-electron chi connectivity index (χ0n) is 12.2. The lowest BCUT2D eigenvalue weighted by atomic mass is 10.1. The van der Waals surface area contributed by atoms with Crippen molar-refractivity contribution in [3.63, 3.8) is 0 Å². The molecule has 2 amide bonds. The first-order valence-corrected chi connectivity index (χ1v) is 6.58. The summed E-state index contributed by atoms with van der Waals surface area (Å²) in [5.74, 6) is -1.01. The second-order valence-corrected chi connectivity index (χ2v) is 5.95. The van der Waals surface area contributed by atoms with E-state index in [0.29, 0.717) is 6.54 Å². The fourth-order valence-electron chi connectivity index (χ4n) is 2.10. The van der Waals surface area contributed by atoms with Crippen molar-refractivity contribution in [2.24, 2.45) is 0 Å². The SMILES string of the molecule is CN(CC1CCCO1)C(=O)N(CC(=O)O)C(C)(C)C. The minimum atomic E-state index is -1.01. The Kier molecular flexibility index (Phi) is 5.17. The summed E-state index contributed by atoms with van der Waals surface area (Å²) in [5, 5.41) is 8.93. The number of rotatable bonds is 4. The first-order valence-electron chi connectivity index (χ1n) is 6.58. The van der Waals surface area contributed by atoms with Crippen LogP contribution in [0.1, 0.15) is 33.6 Å². The van der Waals surface area contributed by atoms with Crippen LogP contribution >= 0.6 is 0 Å². The standard InChI is InChI=1S/C13H24N2O4/c1-13(2,3)15(9-11(16)17)12(18)14(4)8-10-6-5-7-19-10/h10H,5-9H2,1-4H3,(H,16,17). The van der Waals surface area contributed by atoms with Crippen LogP contribution in [0.3, 0.4) is 0 Å². The summed E-state index contributed by atoms with van der Waals surface area (Å²) in [6.07, 6.45) is 2.04. The highest BCUT2D eigenvalue weighted by Crippen LogP contribution is 2.17. The predicted octanol–water partition coefficient (Wildman–Crippen LogP) is 1.40. The molecule has 1 rings (SSSR count). The molecule has 0 saturated carbocycles. The molecule has 0 radical (unpaired) electrons. The van der Waals surface area contributed by atoms with Gasteiger partial charge in [0.15, 0.2) is 0 Å². The van der Waals surface area contributed by atoms with E-state index in [2.05, 4.69) is 0 Å². The van der Waals surface area contributed by atoms with Crippen molar-refractivity contribution >= 4 is 12.0 Å². The lowest BCUT2D eigenvalue weighted by Crippen LogP contribution is -2.53. The molecule has 6 nitrogen and oxygen atoms in total. The molecule has 1 aliphatic rings. The Morgan fingerprint density at radius 2 is 2.00 bits per heavy atom. The van der Waals surface area contributed by atoms with Crippen LogP contribution in [0.5, 0.6) is 0 Å². The van der Waals surface area contributed by atoms with E-state index >= 15 is 0 Å². The number of amides is 2. The van der Waals surface area contributed by atoms with Crippen molar-refractivity contribution in [2.75, 3.05) is 26.7 Å². The molecule has 0 aromatic rings. The number of ether oxygens (including phenoxy) is 1. The van der Waals surface area contributed by atoms with E-state index in [0.717, 1.165) is 19.4 Å². The summed E-state index contributed by atoms with van der Waals surface area (Å²) in [6, 6.07) is -0.273. The summed E-state index contributed by atoms with van der Waals surface area (Å²) in [7, 11) is 1.69. The molecule has 1 heterocycles. The first-order chi connectivity index (χ1) is 8.71.